The third kappa shape index (κ3) is 5.62. The molecule has 4 aromatic heterocycles. The van der Waals surface area contributed by atoms with Crippen LogP contribution in [0.3, 0.4) is 0 Å². The molecule has 0 saturated carbocycles. The fourth-order valence-electron chi connectivity index (χ4n) is 9.44. The lowest BCUT2D eigenvalue weighted by Crippen LogP contribution is -2.00. The summed E-state index contributed by atoms with van der Waals surface area (Å²) in [4.78, 5) is 15.1. The van der Waals surface area contributed by atoms with E-state index >= 15 is 0 Å². The summed E-state index contributed by atoms with van der Waals surface area (Å²) >= 11 is 0. The molecule has 0 aliphatic carbocycles. The molecule has 13 rings (SSSR count). The maximum atomic E-state index is 6.96. The quantitative estimate of drug-likeness (QED) is 0.168. The first-order chi connectivity index (χ1) is 31.2. The van der Waals surface area contributed by atoms with Crippen molar-refractivity contribution in [1.82, 2.24) is 24.1 Å². The third-order valence-electron chi connectivity index (χ3n) is 12.4. The molecule has 13 aromatic rings. The lowest BCUT2D eigenvalue weighted by Gasteiger charge is -2.09. The van der Waals surface area contributed by atoms with Gasteiger partial charge in [0.1, 0.15) is 5.58 Å². The van der Waals surface area contributed by atoms with Crippen LogP contribution in [0.1, 0.15) is 0 Å². The van der Waals surface area contributed by atoms with Crippen LogP contribution in [0, 0.1) is 0 Å². The first kappa shape index (κ1) is 35.2. The van der Waals surface area contributed by atoms with Crippen molar-refractivity contribution >= 4 is 65.6 Å². The van der Waals surface area contributed by atoms with Crippen molar-refractivity contribution in [3.63, 3.8) is 0 Å². The van der Waals surface area contributed by atoms with Crippen molar-refractivity contribution < 1.29 is 4.42 Å². The third-order valence-corrected chi connectivity index (χ3v) is 12.4. The summed E-state index contributed by atoms with van der Waals surface area (Å²) in [7, 11) is 0. The molecule has 9 aromatic carbocycles. The number of fused-ring (bicyclic) bond motifs is 10. The van der Waals surface area contributed by atoms with Crippen LogP contribution in [-0.2, 0) is 0 Å². The molecule has 0 saturated heterocycles. The molecule has 0 N–H and O–H groups in total. The highest BCUT2D eigenvalue weighted by atomic mass is 16.3. The van der Waals surface area contributed by atoms with Crippen LogP contribution in [0.15, 0.2) is 217 Å². The van der Waals surface area contributed by atoms with Gasteiger partial charge in [0.25, 0.3) is 0 Å². The molecule has 0 fully saturated rings. The fourth-order valence-corrected chi connectivity index (χ4v) is 9.44. The van der Waals surface area contributed by atoms with Crippen molar-refractivity contribution in [2.75, 3.05) is 0 Å². The minimum absolute atomic E-state index is 0.614. The Balaban J connectivity index is 1.03. The van der Waals surface area contributed by atoms with E-state index < -0.39 is 0 Å². The Kier molecular flexibility index (Phi) is 7.80. The molecule has 0 radical (unpaired) electrons. The summed E-state index contributed by atoms with van der Waals surface area (Å²) in [6.07, 6.45) is 0. The highest BCUT2D eigenvalue weighted by Gasteiger charge is 2.22. The summed E-state index contributed by atoms with van der Waals surface area (Å²) in [6, 6.07) is 74.4. The van der Waals surface area contributed by atoms with E-state index in [9.17, 15) is 0 Å². The molecule has 0 atom stereocenters. The van der Waals surface area contributed by atoms with Gasteiger partial charge in [-0.1, -0.05) is 146 Å². The smallest absolute Gasteiger partial charge is 0.164 e. The Morgan fingerprint density at radius 1 is 0.302 bits per heavy atom. The number of furan rings is 1. The molecule has 0 aliphatic heterocycles. The largest absolute Gasteiger partial charge is 0.454 e. The normalized spacial score (nSPS) is 11.8. The van der Waals surface area contributed by atoms with Crippen LogP contribution in [-0.4, -0.2) is 24.1 Å². The van der Waals surface area contributed by atoms with Crippen LogP contribution < -0.4 is 0 Å². The van der Waals surface area contributed by atoms with Crippen molar-refractivity contribution in [2.24, 2.45) is 0 Å². The molecular formula is C57H35N5O. The molecule has 6 heteroatoms. The van der Waals surface area contributed by atoms with Crippen molar-refractivity contribution in [3.8, 4) is 56.7 Å². The van der Waals surface area contributed by atoms with Gasteiger partial charge in [0.2, 0.25) is 0 Å². The van der Waals surface area contributed by atoms with E-state index in [0.717, 1.165) is 82.8 Å². The van der Waals surface area contributed by atoms with Crippen LogP contribution >= 0.6 is 0 Å². The van der Waals surface area contributed by atoms with Gasteiger partial charge in [-0.2, -0.15) is 0 Å². The van der Waals surface area contributed by atoms with Gasteiger partial charge in [-0.3, -0.25) is 0 Å². The second-order valence-electron chi connectivity index (χ2n) is 16.0. The number of benzene rings is 9. The molecule has 0 spiro atoms. The second-order valence-corrected chi connectivity index (χ2v) is 16.0. The van der Waals surface area contributed by atoms with Crippen molar-refractivity contribution in [3.05, 3.63) is 212 Å². The van der Waals surface area contributed by atoms with Gasteiger partial charge in [0.15, 0.2) is 23.1 Å². The fraction of sp³-hybridized carbons (Fsp3) is 0. The number of hydrogen-bond acceptors (Lipinski definition) is 4. The summed E-state index contributed by atoms with van der Waals surface area (Å²) in [5, 5.41) is 6.73. The van der Waals surface area contributed by atoms with Gasteiger partial charge >= 0.3 is 0 Å². The van der Waals surface area contributed by atoms with Gasteiger partial charge in [-0.15, -0.1) is 0 Å². The van der Waals surface area contributed by atoms with E-state index in [1.807, 2.05) is 60.7 Å². The number of para-hydroxylation sites is 2. The molecule has 0 aliphatic rings. The number of nitrogens with zero attached hydrogens (tertiary/aromatic N) is 5. The number of hydrogen-bond donors (Lipinski definition) is 0. The lowest BCUT2D eigenvalue weighted by atomic mass is 10.0. The average Bonchev–Trinajstić information content (AvgIpc) is 4.02. The zero-order valence-electron chi connectivity index (χ0n) is 33.9. The minimum Gasteiger partial charge on any atom is -0.454 e. The second kappa shape index (κ2) is 14.0. The number of aromatic nitrogens is 5. The maximum Gasteiger partial charge on any atom is 0.164 e. The first-order valence-corrected chi connectivity index (χ1v) is 21.2. The summed E-state index contributed by atoms with van der Waals surface area (Å²) in [6.45, 7) is 0. The monoisotopic (exact) mass is 805 g/mol. The van der Waals surface area contributed by atoms with E-state index in [0.29, 0.717) is 17.5 Å². The summed E-state index contributed by atoms with van der Waals surface area (Å²) in [5.41, 5.74) is 13.4. The van der Waals surface area contributed by atoms with Crippen molar-refractivity contribution in [2.45, 2.75) is 0 Å². The van der Waals surface area contributed by atoms with E-state index in [1.165, 1.54) is 21.9 Å². The van der Waals surface area contributed by atoms with Gasteiger partial charge in [0, 0.05) is 60.4 Å². The Labute approximate surface area is 361 Å². The highest BCUT2D eigenvalue weighted by molar-refractivity contribution is 6.22. The standard InChI is InChI=1S/C57H35N5O/c1-5-15-36(16-6-1)39-25-28-44-43-23-13-14-24-49(43)61(51(44)34-39)42-27-32-52-48(35-42)46-30-29-45-47-33-40(26-31-50(47)62(53(45)54(46)63-52)41-21-11-4-12-22-41)57-59-55(37-17-7-2-8-18-37)58-56(60-57)38-19-9-3-10-20-38/h1-35H. The van der Waals surface area contributed by atoms with Crippen LogP contribution in [0.25, 0.3) is 122 Å². The first-order valence-electron chi connectivity index (χ1n) is 21.2. The van der Waals surface area contributed by atoms with E-state index in [2.05, 4.69) is 161 Å². The highest BCUT2D eigenvalue weighted by Crippen LogP contribution is 2.43. The van der Waals surface area contributed by atoms with Crippen LogP contribution in [0.5, 0.6) is 0 Å². The maximum absolute atomic E-state index is 6.96. The van der Waals surface area contributed by atoms with Gasteiger partial charge < -0.3 is 13.6 Å². The Morgan fingerprint density at radius 3 is 1.57 bits per heavy atom. The summed E-state index contributed by atoms with van der Waals surface area (Å²) < 4.78 is 11.7. The van der Waals surface area contributed by atoms with Crippen LogP contribution in [0.4, 0.5) is 0 Å². The lowest BCUT2D eigenvalue weighted by molar-refractivity contribution is 0.671. The molecule has 294 valence electrons. The van der Waals surface area contributed by atoms with Crippen molar-refractivity contribution in [1.29, 1.82) is 0 Å². The summed E-state index contributed by atoms with van der Waals surface area (Å²) in [5.74, 6) is 1.88. The molecule has 4 heterocycles. The predicted molar refractivity (Wildman–Crippen MR) is 258 cm³/mol. The Bertz CT molecular complexity index is 3830. The van der Waals surface area contributed by atoms with Gasteiger partial charge in [0.05, 0.1) is 22.1 Å². The van der Waals surface area contributed by atoms with Gasteiger partial charge in [-0.25, -0.2) is 15.0 Å². The Hall–Kier alpha value is -8.61. The predicted octanol–water partition coefficient (Wildman–Crippen LogP) is 14.6. The van der Waals surface area contributed by atoms with E-state index in [4.69, 9.17) is 19.4 Å². The minimum atomic E-state index is 0.614. The van der Waals surface area contributed by atoms with Gasteiger partial charge in [-0.05, 0) is 77.9 Å². The average molecular weight is 806 g/mol. The molecule has 6 nitrogen and oxygen atoms in total. The topological polar surface area (TPSA) is 61.7 Å². The number of rotatable bonds is 6. The SMILES string of the molecule is c1ccc(-c2ccc3c4ccccc4n(-c4ccc5oc6c(ccc7c8cc(-c9nc(-c%10ccccc%10)nc(-c%10ccccc%10)n9)ccc8n(-c8ccccc8)c76)c5c4)c3c2)cc1. The molecule has 63 heavy (non-hydrogen) atoms. The zero-order chi connectivity index (χ0) is 41.4. The zero-order valence-corrected chi connectivity index (χ0v) is 33.9. The molecular weight excluding hydrogens is 771 g/mol. The van der Waals surface area contributed by atoms with E-state index in [1.54, 1.807) is 0 Å². The Morgan fingerprint density at radius 2 is 0.857 bits per heavy atom. The van der Waals surface area contributed by atoms with E-state index in [-0.39, 0.29) is 0 Å². The van der Waals surface area contributed by atoms with Crippen LogP contribution in [0.2, 0.25) is 0 Å². The molecule has 0 amide bonds. The molecule has 0 bridgehead atoms. The molecule has 0 unspecified atom stereocenters.